The quantitative estimate of drug-likeness (QED) is 0.556. The first-order valence-corrected chi connectivity index (χ1v) is 2.33. The van der Waals surface area contributed by atoms with Gasteiger partial charge in [-0.25, -0.2) is 0 Å². The lowest BCUT2D eigenvalue weighted by Gasteiger charge is -1.61. The zero-order valence-electron chi connectivity index (χ0n) is 3.59. The van der Waals surface area contributed by atoms with Crippen molar-refractivity contribution in [3.63, 3.8) is 0 Å². The molecule has 0 unspecified atom stereocenters. The highest BCUT2D eigenvalue weighted by molar-refractivity contribution is 8.93. The number of alkyl halides is 1. The first-order chi connectivity index (χ1) is 2.73. The van der Waals surface area contributed by atoms with Crippen LogP contribution in [0.2, 0.25) is 0 Å². The number of hydrogen-bond donors (Lipinski definition) is 2. The molecule has 7 heavy (non-hydrogen) atoms. The van der Waals surface area contributed by atoms with E-state index in [-0.39, 0.29) is 17.0 Å². The maximum atomic E-state index is 9.50. The third-order valence-electron chi connectivity index (χ3n) is 0. The lowest BCUT2D eigenvalue weighted by atomic mass is 11.9. The third-order valence-corrected chi connectivity index (χ3v) is 0. The molecule has 0 aliphatic heterocycles. The van der Waals surface area contributed by atoms with Crippen LogP contribution in [0.5, 0.6) is 0 Å². The van der Waals surface area contributed by atoms with Gasteiger partial charge in [-0.15, -0.1) is 17.0 Å². The minimum Gasteiger partial charge on any atom is -0.326 e. The summed E-state index contributed by atoms with van der Waals surface area (Å²) in [5.74, 6) is 0. The molecule has 0 aliphatic carbocycles. The van der Waals surface area contributed by atoms with Crippen molar-refractivity contribution in [3.05, 3.63) is 0 Å². The second kappa shape index (κ2) is 16.0. The van der Waals surface area contributed by atoms with Gasteiger partial charge in [0, 0.05) is 0 Å². The SMILES string of the molecule is Br.CF.O=[PH](O)O. The molecule has 0 saturated heterocycles. The molecule has 0 spiro atoms. The summed E-state index contributed by atoms with van der Waals surface area (Å²) in [6, 6.07) is 0. The molecule has 0 aliphatic rings. The van der Waals surface area contributed by atoms with Crippen LogP contribution in [-0.2, 0) is 4.57 Å². The minimum atomic E-state index is -3.13. The van der Waals surface area contributed by atoms with Crippen LogP contribution < -0.4 is 0 Å². The topological polar surface area (TPSA) is 57.5 Å². The molecule has 0 aromatic heterocycles. The van der Waals surface area contributed by atoms with Crippen LogP contribution in [0.4, 0.5) is 4.39 Å². The Hall–Kier alpha value is 0.560. The van der Waals surface area contributed by atoms with Gasteiger partial charge in [0.05, 0.1) is 7.18 Å². The van der Waals surface area contributed by atoms with Gasteiger partial charge < -0.3 is 9.79 Å². The molecule has 48 valence electrons. The van der Waals surface area contributed by atoms with Crippen molar-refractivity contribution >= 4 is 25.2 Å². The van der Waals surface area contributed by atoms with E-state index in [0.717, 1.165) is 0 Å². The maximum Gasteiger partial charge on any atom is 0.314 e. The normalized spacial score (nSPS) is 5.86. The van der Waals surface area contributed by atoms with Crippen molar-refractivity contribution in [3.8, 4) is 0 Å². The van der Waals surface area contributed by atoms with E-state index in [1.807, 2.05) is 0 Å². The largest absolute Gasteiger partial charge is 0.326 e. The predicted octanol–water partition coefficient (Wildman–Crippen LogP) is 0.524. The van der Waals surface area contributed by atoms with Crippen LogP contribution >= 0.6 is 25.2 Å². The molecule has 0 saturated carbocycles. The fourth-order valence-corrected chi connectivity index (χ4v) is 0. The van der Waals surface area contributed by atoms with E-state index in [9.17, 15) is 4.39 Å². The summed E-state index contributed by atoms with van der Waals surface area (Å²) in [7, 11) is -2.63. The molecule has 0 bridgehead atoms. The number of hydrogen-bond acceptors (Lipinski definition) is 1. The molecule has 0 aromatic rings. The van der Waals surface area contributed by atoms with Crippen LogP contribution in [-0.4, -0.2) is 17.0 Å². The monoisotopic (exact) mass is 196 g/mol. The summed E-state index contributed by atoms with van der Waals surface area (Å²) >= 11 is 0. The van der Waals surface area contributed by atoms with E-state index in [2.05, 4.69) is 0 Å². The molecular formula is CH7BrFO3P. The summed E-state index contributed by atoms with van der Waals surface area (Å²) in [5, 5.41) is 0. The van der Waals surface area contributed by atoms with Crippen molar-refractivity contribution in [1.82, 2.24) is 0 Å². The molecule has 0 amide bonds. The van der Waals surface area contributed by atoms with Gasteiger partial charge in [-0.2, -0.15) is 0 Å². The van der Waals surface area contributed by atoms with E-state index in [0.29, 0.717) is 7.18 Å². The minimum absolute atomic E-state index is 0. The first kappa shape index (κ1) is 15.6. The van der Waals surface area contributed by atoms with Crippen molar-refractivity contribution in [2.24, 2.45) is 0 Å². The molecule has 6 heteroatoms. The lowest BCUT2D eigenvalue weighted by molar-refractivity contribution is 0.405. The Labute approximate surface area is 51.9 Å². The molecule has 0 rings (SSSR count). The second-order valence-corrected chi connectivity index (χ2v) is 0.848. The van der Waals surface area contributed by atoms with Crippen LogP contribution in [0.1, 0.15) is 0 Å². The van der Waals surface area contributed by atoms with E-state index in [1.165, 1.54) is 0 Å². The van der Waals surface area contributed by atoms with Crippen LogP contribution in [0.15, 0.2) is 0 Å². The van der Waals surface area contributed by atoms with Crippen molar-refractivity contribution in [2.75, 3.05) is 7.18 Å². The Morgan fingerprint density at radius 1 is 1.43 bits per heavy atom. The van der Waals surface area contributed by atoms with Gasteiger partial charge in [-0.3, -0.25) is 8.96 Å². The first-order valence-electron chi connectivity index (χ1n) is 1.03. The molecule has 0 fully saturated rings. The van der Waals surface area contributed by atoms with Gasteiger partial charge in [0.2, 0.25) is 0 Å². The molecule has 0 atom stereocenters. The van der Waals surface area contributed by atoms with E-state index in [4.69, 9.17) is 14.4 Å². The third kappa shape index (κ3) is 435. The highest BCUT2D eigenvalue weighted by Crippen LogP contribution is 1.98. The molecule has 2 N–H and O–H groups in total. The molecule has 3 nitrogen and oxygen atoms in total. The second-order valence-electron chi connectivity index (χ2n) is 0.283. The van der Waals surface area contributed by atoms with Crippen LogP contribution in [0.25, 0.3) is 0 Å². The van der Waals surface area contributed by atoms with Gasteiger partial charge >= 0.3 is 8.25 Å². The Bertz CT molecular complexity index is 37.9. The maximum absolute atomic E-state index is 9.50. The van der Waals surface area contributed by atoms with Gasteiger partial charge in [0.15, 0.2) is 0 Å². The predicted molar refractivity (Wildman–Crippen MR) is 30.8 cm³/mol. The molecule has 0 heterocycles. The highest BCUT2D eigenvalue weighted by Gasteiger charge is 1.61. The number of halogens is 2. The van der Waals surface area contributed by atoms with Gasteiger partial charge in [-0.05, 0) is 0 Å². The fraction of sp³-hybridized carbons (Fsp3) is 1.00. The summed E-state index contributed by atoms with van der Waals surface area (Å²) in [6.07, 6.45) is 0. The summed E-state index contributed by atoms with van der Waals surface area (Å²) < 4.78 is 18.2. The molecular weight excluding hydrogens is 190 g/mol. The van der Waals surface area contributed by atoms with Gasteiger partial charge in [-0.1, -0.05) is 0 Å². The Balaban J connectivity index is -0.0000000480. The van der Waals surface area contributed by atoms with Crippen molar-refractivity contribution in [2.45, 2.75) is 0 Å². The Morgan fingerprint density at radius 3 is 1.43 bits per heavy atom. The smallest absolute Gasteiger partial charge is 0.314 e. The van der Waals surface area contributed by atoms with Gasteiger partial charge in [0.25, 0.3) is 0 Å². The Morgan fingerprint density at radius 2 is 1.43 bits per heavy atom. The zero-order valence-corrected chi connectivity index (χ0v) is 6.30. The summed E-state index contributed by atoms with van der Waals surface area (Å²) in [5.41, 5.74) is 0. The standard InChI is InChI=1S/CH3F.BrH.H3O3P/c1-2;;1-4(2)3/h1H3;1H;4H,(H2,1,2,3). The van der Waals surface area contributed by atoms with E-state index in [1.54, 1.807) is 0 Å². The van der Waals surface area contributed by atoms with Crippen LogP contribution in [0.3, 0.4) is 0 Å². The summed E-state index contributed by atoms with van der Waals surface area (Å²) in [6.45, 7) is 0. The van der Waals surface area contributed by atoms with E-state index >= 15 is 0 Å². The van der Waals surface area contributed by atoms with Gasteiger partial charge in [0.1, 0.15) is 0 Å². The number of rotatable bonds is 0. The average Bonchev–Trinajstić information content (AvgIpc) is 1.41. The molecule has 0 radical (unpaired) electrons. The van der Waals surface area contributed by atoms with Crippen molar-refractivity contribution in [1.29, 1.82) is 0 Å². The fourth-order valence-electron chi connectivity index (χ4n) is 0. The van der Waals surface area contributed by atoms with Crippen LogP contribution in [0, 0.1) is 0 Å². The lowest BCUT2D eigenvalue weighted by Crippen LogP contribution is -1.38. The summed E-state index contributed by atoms with van der Waals surface area (Å²) in [4.78, 5) is 14.3. The zero-order chi connectivity index (χ0) is 5.58. The highest BCUT2D eigenvalue weighted by atomic mass is 79.9. The Kier molecular flexibility index (Phi) is 35.8. The van der Waals surface area contributed by atoms with Crippen molar-refractivity contribution < 1.29 is 18.7 Å². The molecule has 0 aromatic carbocycles. The average molecular weight is 197 g/mol. The van der Waals surface area contributed by atoms with E-state index < -0.39 is 8.25 Å².